The van der Waals surface area contributed by atoms with Gasteiger partial charge in [0.05, 0.1) is 6.61 Å². The molecule has 23 heavy (non-hydrogen) atoms. The highest BCUT2D eigenvalue weighted by Gasteiger charge is 2.18. The lowest BCUT2D eigenvalue weighted by Gasteiger charge is -2.32. The molecule has 1 atom stereocenters. The zero-order chi connectivity index (χ0) is 15.7. The van der Waals surface area contributed by atoms with Gasteiger partial charge in [0.2, 0.25) is 0 Å². The first-order valence-electron chi connectivity index (χ1n) is 8.48. The molecule has 120 valence electrons. The second-order valence-electron chi connectivity index (χ2n) is 6.07. The average molecular weight is 307 g/mol. The summed E-state index contributed by atoms with van der Waals surface area (Å²) in [6.45, 7) is 3.66. The monoisotopic (exact) mass is 307 g/mol. The van der Waals surface area contributed by atoms with Crippen molar-refractivity contribution in [3.63, 3.8) is 0 Å². The predicted octanol–water partition coefficient (Wildman–Crippen LogP) is 4.42. The molecule has 0 saturated heterocycles. The number of benzene rings is 2. The summed E-state index contributed by atoms with van der Waals surface area (Å²) in [5.74, 6) is 0. The van der Waals surface area contributed by atoms with Crippen LogP contribution in [0.1, 0.15) is 24.0 Å². The Bertz CT molecular complexity index is 594. The highest BCUT2D eigenvalue weighted by Crippen LogP contribution is 2.17. The van der Waals surface area contributed by atoms with E-state index in [9.17, 15) is 0 Å². The fraction of sp³-hybridized carbons (Fsp3) is 0.333. The smallest absolute Gasteiger partial charge is 0.0716 e. The van der Waals surface area contributed by atoms with Crippen LogP contribution < -0.4 is 0 Å². The first kappa shape index (κ1) is 16.0. The van der Waals surface area contributed by atoms with E-state index in [1.165, 1.54) is 11.1 Å². The van der Waals surface area contributed by atoms with Crippen molar-refractivity contribution in [1.29, 1.82) is 0 Å². The van der Waals surface area contributed by atoms with Crippen LogP contribution in [0.2, 0.25) is 0 Å². The van der Waals surface area contributed by atoms with E-state index < -0.39 is 0 Å². The molecule has 0 aromatic heterocycles. The van der Waals surface area contributed by atoms with Gasteiger partial charge < -0.3 is 4.74 Å². The summed E-state index contributed by atoms with van der Waals surface area (Å²) in [6, 6.07) is 21.6. The van der Waals surface area contributed by atoms with Crippen LogP contribution in [0.5, 0.6) is 0 Å². The minimum atomic E-state index is 0.486. The molecule has 2 aromatic rings. The third kappa shape index (κ3) is 5.05. The third-order valence-corrected chi connectivity index (χ3v) is 4.31. The molecule has 0 radical (unpaired) electrons. The molecule has 0 spiro atoms. The lowest BCUT2D eigenvalue weighted by Crippen LogP contribution is -2.37. The largest absolute Gasteiger partial charge is 0.377 e. The first-order valence-corrected chi connectivity index (χ1v) is 8.48. The SMILES string of the molecule is C1=C[C@@H](CCOCc2ccccc2)N(Cc2ccccc2)CC1. The summed E-state index contributed by atoms with van der Waals surface area (Å²) in [7, 11) is 0. The van der Waals surface area contributed by atoms with E-state index in [1.54, 1.807) is 0 Å². The topological polar surface area (TPSA) is 12.5 Å². The standard InChI is InChI=1S/C21H25NO/c1-3-9-19(10-4-1)17-22-15-8-7-13-21(22)14-16-23-18-20-11-5-2-6-12-20/h1-7,9-13,21H,8,14-18H2/t21-/m0/s1. The molecule has 1 aliphatic rings. The number of ether oxygens (including phenoxy) is 1. The molecule has 3 rings (SSSR count). The van der Waals surface area contributed by atoms with Gasteiger partial charge in [-0.3, -0.25) is 4.90 Å². The summed E-state index contributed by atoms with van der Waals surface area (Å²) in [5.41, 5.74) is 2.63. The Morgan fingerprint density at radius 3 is 2.35 bits per heavy atom. The minimum absolute atomic E-state index is 0.486. The Morgan fingerprint density at radius 1 is 0.913 bits per heavy atom. The van der Waals surface area contributed by atoms with Crippen molar-refractivity contribution in [2.24, 2.45) is 0 Å². The maximum atomic E-state index is 5.86. The van der Waals surface area contributed by atoms with Gasteiger partial charge in [-0.2, -0.15) is 0 Å². The van der Waals surface area contributed by atoms with Crippen molar-refractivity contribution in [3.05, 3.63) is 83.9 Å². The molecule has 2 nitrogen and oxygen atoms in total. The minimum Gasteiger partial charge on any atom is -0.377 e. The molecule has 2 aromatic carbocycles. The molecule has 0 N–H and O–H groups in total. The van der Waals surface area contributed by atoms with Crippen molar-refractivity contribution in [2.75, 3.05) is 13.2 Å². The Kier molecular flexibility index (Phi) is 6.01. The van der Waals surface area contributed by atoms with Crippen LogP contribution >= 0.6 is 0 Å². The molecule has 0 bridgehead atoms. The normalized spacial score (nSPS) is 18.2. The molecule has 1 heterocycles. The number of nitrogens with zero attached hydrogens (tertiary/aromatic N) is 1. The van der Waals surface area contributed by atoms with Crippen LogP contribution in [0.25, 0.3) is 0 Å². The van der Waals surface area contributed by atoms with E-state index in [1.807, 2.05) is 6.07 Å². The van der Waals surface area contributed by atoms with Gasteiger partial charge in [-0.05, 0) is 24.0 Å². The van der Waals surface area contributed by atoms with Gasteiger partial charge in [-0.15, -0.1) is 0 Å². The second-order valence-corrected chi connectivity index (χ2v) is 6.07. The van der Waals surface area contributed by atoms with E-state index in [2.05, 4.69) is 71.6 Å². The quantitative estimate of drug-likeness (QED) is 0.554. The molecular weight excluding hydrogens is 282 g/mol. The maximum absolute atomic E-state index is 5.86. The number of hydrogen-bond donors (Lipinski definition) is 0. The molecule has 0 aliphatic carbocycles. The molecule has 0 fully saturated rings. The number of hydrogen-bond acceptors (Lipinski definition) is 2. The van der Waals surface area contributed by atoms with Crippen LogP contribution in [-0.4, -0.2) is 24.1 Å². The van der Waals surface area contributed by atoms with Crippen molar-refractivity contribution in [2.45, 2.75) is 32.0 Å². The Hall–Kier alpha value is -1.90. The summed E-state index contributed by atoms with van der Waals surface area (Å²) in [6.07, 6.45) is 6.85. The predicted molar refractivity (Wildman–Crippen MR) is 95.1 cm³/mol. The molecule has 0 saturated carbocycles. The van der Waals surface area contributed by atoms with Crippen LogP contribution in [0, 0.1) is 0 Å². The fourth-order valence-electron chi connectivity index (χ4n) is 3.04. The average Bonchev–Trinajstić information content (AvgIpc) is 2.62. The van der Waals surface area contributed by atoms with E-state index >= 15 is 0 Å². The van der Waals surface area contributed by atoms with E-state index in [0.29, 0.717) is 12.6 Å². The van der Waals surface area contributed by atoms with Crippen molar-refractivity contribution in [1.82, 2.24) is 4.90 Å². The first-order chi connectivity index (χ1) is 11.4. The van der Waals surface area contributed by atoms with Gasteiger partial charge in [-0.1, -0.05) is 72.8 Å². The van der Waals surface area contributed by atoms with Crippen molar-refractivity contribution >= 4 is 0 Å². The Morgan fingerprint density at radius 2 is 1.61 bits per heavy atom. The van der Waals surface area contributed by atoms with Gasteiger partial charge in [0.25, 0.3) is 0 Å². The van der Waals surface area contributed by atoms with E-state index in [-0.39, 0.29) is 0 Å². The van der Waals surface area contributed by atoms with Crippen LogP contribution in [0.4, 0.5) is 0 Å². The number of rotatable bonds is 7. The van der Waals surface area contributed by atoms with Gasteiger partial charge in [0.1, 0.15) is 0 Å². The summed E-state index contributed by atoms with van der Waals surface area (Å²) in [5, 5.41) is 0. The van der Waals surface area contributed by atoms with Gasteiger partial charge in [0, 0.05) is 25.7 Å². The van der Waals surface area contributed by atoms with Gasteiger partial charge in [0.15, 0.2) is 0 Å². The van der Waals surface area contributed by atoms with E-state index in [0.717, 1.165) is 32.5 Å². The summed E-state index contributed by atoms with van der Waals surface area (Å²) < 4.78 is 5.86. The maximum Gasteiger partial charge on any atom is 0.0716 e. The van der Waals surface area contributed by atoms with E-state index in [4.69, 9.17) is 4.74 Å². The lowest BCUT2D eigenvalue weighted by molar-refractivity contribution is 0.0936. The zero-order valence-corrected chi connectivity index (χ0v) is 13.6. The molecule has 0 amide bonds. The fourth-order valence-corrected chi connectivity index (χ4v) is 3.04. The molecular formula is C21H25NO. The van der Waals surface area contributed by atoms with Crippen molar-refractivity contribution < 1.29 is 4.74 Å². The highest BCUT2D eigenvalue weighted by molar-refractivity contribution is 5.16. The Balaban J connectivity index is 1.47. The molecule has 1 aliphatic heterocycles. The van der Waals surface area contributed by atoms with Crippen LogP contribution in [0.15, 0.2) is 72.8 Å². The van der Waals surface area contributed by atoms with Gasteiger partial charge >= 0.3 is 0 Å². The highest BCUT2D eigenvalue weighted by atomic mass is 16.5. The van der Waals surface area contributed by atoms with Crippen LogP contribution in [-0.2, 0) is 17.9 Å². The Labute approximate surface area is 139 Å². The zero-order valence-electron chi connectivity index (χ0n) is 13.6. The van der Waals surface area contributed by atoms with Gasteiger partial charge in [-0.25, -0.2) is 0 Å². The van der Waals surface area contributed by atoms with Crippen LogP contribution in [0.3, 0.4) is 0 Å². The third-order valence-electron chi connectivity index (χ3n) is 4.31. The lowest BCUT2D eigenvalue weighted by atomic mass is 10.1. The summed E-state index contributed by atoms with van der Waals surface area (Å²) >= 11 is 0. The molecule has 2 heteroatoms. The molecule has 0 unspecified atom stereocenters. The summed E-state index contributed by atoms with van der Waals surface area (Å²) in [4.78, 5) is 2.56. The van der Waals surface area contributed by atoms with Crippen molar-refractivity contribution in [3.8, 4) is 0 Å². The second kappa shape index (κ2) is 8.66.